The Morgan fingerprint density at radius 3 is 2.70 bits per heavy atom. The highest BCUT2D eigenvalue weighted by Crippen LogP contribution is 2.21. The molecule has 1 amide bonds. The SMILES string of the molecule is O=C(O)c1cn2c(n1)CN(C(=O)c1cc(Cc3n[nH]c(=O)c4ccccc34)ccc1F)CC2. The zero-order chi connectivity index (χ0) is 23.1. The smallest absolute Gasteiger partial charge is 0.356 e. The molecule has 2 aromatic carbocycles. The minimum atomic E-state index is -1.14. The Hall–Kier alpha value is -4.34. The van der Waals surface area contributed by atoms with Gasteiger partial charge < -0.3 is 14.6 Å². The van der Waals surface area contributed by atoms with Crippen molar-refractivity contribution < 1.29 is 19.1 Å². The molecule has 0 saturated carbocycles. The summed E-state index contributed by atoms with van der Waals surface area (Å²) in [7, 11) is 0. The molecule has 0 fully saturated rings. The molecule has 5 rings (SSSR count). The van der Waals surface area contributed by atoms with Crippen LogP contribution >= 0.6 is 0 Å². The van der Waals surface area contributed by atoms with E-state index in [0.29, 0.717) is 47.4 Å². The van der Waals surface area contributed by atoms with Gasteiger partial charge in [-0.05, 0) is 23.8 Å². The van der Waals surface area contributed by atoms with Crippen molar-refractivity contribution in [2.45, 2.75) is 19.5 Å². The van der Waals surface area contributed by atoms with Gasteiger partial charge in [0.15, 0.2) is 5.69 Å². The number of hydrogen-bond donors (Lipinski definition) is 2. The van der Waals surface area contributed by atoms with Gasteiger partial charge in [0.25, 0.3) is 11.5 Å². The van der Waals surface area contributed by atoms with Crippen molar-refractivity contribution in [2.24, 2.45) is 0 Å². The maximum absolute atomic E-state index is 14.6. The predicted octanol–water partition coefficient (Wildman–Crippen LogP) is 2.20. The number of nitrogens with one attached hydrogen (secondary N) is 1. The highest BCUT2D eigenvalue weighted by molar-refractivity contribution is 5.95. The summed E-state index contributed by atoms with van der Waals surface area (Å²) < 4.78 is 16.3. The van der Waals surface area contributed by atoms with Crippen LogP contribution in [0.5, 0.6) is 0 Å². The van der Waals surface area contributed by atoms with Gasteiger partial charge in [-0.1, -0.05) is 24.3 Å². The lowest BCUT2D eigenvalue weighted by atomic mass is 10.0. The van der Waals surface area contributed by atoms with Gasteiger partial charge in [-0.25, -0.2) is 19.3 Å². The van der Waals surface area contributed by atoms with Gasteiger partial charge in [-0.2, -0.15) is 5.10 Å². The average molecular weight is 447 g/mol. The first-order valence-electron chi connectivity index (χ1n) is 10.2. The lowest BCUT2D eigenvalue weighted by Crippen LogP contribution is -2.38. The van der Waals surface area contributed by atoms with E-state index in [-0.39, 0.29) is 23.4 Å². The van der Waals surface area contributed by atoms with Crippen LogP contribution in [0.25, 0.3) is 10.8 Å². The summed E-state index contributed by atoms with van der Waals surface area (Å²) >= 11 is 0. The van der Waals surface area contributed by atoms with Gasteiger partial charge in [0.2, 0.25) is 0 Å². The second kappa shape index (κ2) is 7.97. The van der Waals surface area contributed by atoms with Crippen molar-refractivity contribution in [2.75, 3.05) is 6.54 Å². The Bertz CT molecular complexity index is 1480. The van der Waals surface area contributed by atoms with E-state index in [1.807, 2.05) is 6.07 Å². The van der Waals surface area contributed by atoms with Gasteiger partial charge in [0.05, 0.1) is 23.2 Å². The maximum Gasteiger partial charge on any atom is 0.356 e. The van der Waals surface area contributed by atoms with Crippen LogP contribution in [0.4, 0.5) is 4.39 Å². The van der Waals surface area contributed by atoms with Gasteiger partial charge >= 0.3 is 5.97 Å². The molecule has 2 aromatic heterocycles. The van der Waals surface area contributed by atoms with Crippen LogP contribution < -0.4 is 5.56 Å². The summed E-state index contributed by atoms with van der Waals surface area (Å²) in [5.74, 6) is -1.85. The normalized spacial score (nSPS) is 13.2. The topological polar surface area (TPSA) is 121 Å². The van der Waals surface area contributed by atoms with E-state index in [2.05, 4.69) is 15.2 Å². The lowest BCUT2D eigenvalue weighted by molar-refractivity contribution is 0.0689. The molecule has 0 aliphatic carbocycles. The number of nitrogens with zero attached hydrogens (tertiary/aromatic N) is 4. The van der Waals surface area contributed by atoms with Gasteiger partial charge in [0.1, 0.15) is 11.6 Å². The number of fused-ring (bicyclic) bond motifs is 2. The van der Waals surface area contributed by atoms with Crippen LogP contribution in [-0.4, -0.2) is 48.2 Å². The molecular weight excluding hydrogens is 429 g/mol. The van der Waals surface area contributed by atoms with Crippen LogP contribution in [-0.2, 0) is 19.5 Å². The van der Waals surface area contributed by atoms with E-state index >= 15 is 0 Å². The van der Waals surface area contributed by atoms with Crippen molar-refractivity contribution >= 4 is 22.6 Å². The van der Waals surface area contributed by atoms with E-state index in [9.17, 15) is 18.8 Å². The fraction of sp³-hybridized carbons (Fsp3) is 0.174. The number of aromatic carboxylic acids is 1. The monoisotopic (exact) mass is 447 g/mol. The number of amides is 1. The van der Waals surface area contributed by atoms with E-state index in [1.54, 1.807) is 28.8 Å². The third-order valence-electron chi connectivity index (χ3n) is 5.72. The number of aromatic nitrogens is 4. The molecule has 166 valence electrons. The van der Waals surface area contributed by atoms with Crippen molar-refractivity contribution in [1.29, 1.82) is 0 Å². The minimum absolute atomic E-state index is 0.0836. The molecule has 0 bridgehead atoms. The number of carboxylic acid groups (broad SMARTS) is 1. The van der Waals surface area contributed by atoms with Gasteiger partial charge in [-0.15, -0.1) is 0 Å². The molecule has 10 heteroatoms. The zero-order valence-electron chi connectivity index (χ0n) is 17.3. The fourth-order valence-corrected chi connectivity index (χ4v) is 4.04. The number of hydrogen-bond acceptors (Lipinski definition) is 5. The number of H-pyrrole nitrogens is 1. The molecule has 0 radical (unpaired) electrons. The predicted molar refractivity (Wildman–Crippen MR) is 115 cm³/mol. The number of benzene rings is 2. The van der Waals surface area contributed by atoms with E-state index in [1.165, 1.54) is 23.2 Å². The number of carbonyl (C=O) groups excluding carboxylic acids is 1. The molecular formula is C23H18FN5O4. The number of carboxylic acids is 1. The summed E-state index contributed by atoms with van der Waals surface area (Å²) in [5.41, 5.74) is 0.805. The average Bonchev–Trinajstić information content (AvgIpc) is 3.26. The first kappa shape index (κ1) is 20.6. The lowest BCUT2D eigenvalue weighted by Gasteiger charge is -2.28. The zero-order valence-corrected chi connectivity index (χ0v) is 17.3. The van der Waals surface area contributed by atoms with Crippen LogP contribution in [0.3, 0.4) is 0 Å². The maximum atomic E-state index is 14.6. The summed E-state index contributed by atoms with van der Waals surface area (Å²) in [6, 6.07) is 11.4. The number of carbonyl (C=O) groups is 2. The largest absolute Gasteiger partial charge is 0.476 e. The molecule has 0 unspecified atom stereocenters. The Morgan fingerprint density at radius 1 is 1.12 bits per heavy atom. The molecule has 0 saturated heterocycles. The molecule has 4 aromatic rings. The molecule has 0 spiro atoms. The van der Waals surface area contributed by atoms with Crippen molar-refractivity contribution in [3.63, 3.8) is 0 Å². The Balaban J connectivity index is 1.42. The Kier molecular flexibility index (Phi) is 4.97. The standard InChI is InChI=1S/C23H18FN5O4/c24-17-6-5-13(10-18-14-3-1-2-4-15(14)21(30)27-26-18)9-16(17)22(31)29-8-7-28-11-19(23(32)33)25-20(28)12-29/h1-6,9,11H,7-8,10,12H2,(H,27,30)(H,32,33). The third kappa shape index (κ3) is 3.75. The Labute approximate surface area is 186 Å². The van der Waals surface area contributed by atoms with Crippen molar-refractivity contribution in [3.05, 3.63) is 93.2 Å². The summed E-state index contributed by atoms with van der Waals surface area (Å²) in [4.78, 5) is 41.8. The van der Waals surface area contributed by atoms with E-state index in [0.717, 1.165) is 0 Å². The van der Waals surface area contributed by atoms with Crippen LogP contribution in [0, 0.1) is 5.82 Å². The first-order valence-corrected chi connectivity index (χ1v) is 10.2. The Morgan fingerprint density at radius 2 is 1.91 bits per heavy atom. The summed E-state index contributed by atoms with van der Waals surface area (Å²) in [6.07, 6.45) is 1.73. The van der Waals surface area contributed by atoms with Crippen molar-refractivity contribution in [1.82, 2.24) is 24.6 Å². The van der Waals surface area contributed by atoms with Crippen LogP contribution in [0.15, 0.2) is 53.5 Å². The molecule has 2 N–H and O–H groups in total. The van der Waals surface area contributed by atoms with E-state index in [4.69, 9.17) is 5.11 Å². The minimum Gasteiger partial charge on any atom is -0.476 e. The number of aromatic amines is 1. The highest BCUT2D eigenvalue weighted by Gasteiger charge is 2.26. The second-order valence-corrected chi connectivity index (χ2v) is 7.80. The quantitative estimate of drug-likeness (QED) is 0.495. The van der Waals surface area contributed by atoms with E-state index < -0.39 is 17.7 Å². The molecule has 9 nitrogen and oxygen atoms in total. The highest BCUT2D eigenvalue weighted by atomic mass is 19.1. The number of rotatable bonds is 4. The first-order chi connectivity index (χ1) is 15.9. The van der Waals surface area contributed by atoms with Crippen LogP contribution in [0.2, 0.25) is 0 Å². The fourth-order valence-electron chi connectivity index (χ4n) is 4.04. The number of imidazole rings is 1. The summed E-state index contributed by atoms with van der Waals surface area (Å²) in [5, 5.41) is 16.9. The van der Waals surface area contributed by atoms with Crippen molar-refractivity contribution in [3.8, 4) is 0 Å². The molecule has 0 atom stereocenters. The van der Waals surface area contributed by atoms with Gasteiger partial charge in [-0.3, -0.25) is 9.59 Å². The molecule has 33 heavy (non-hydrogen) atoms. The van der Waals surface area contributed by atoms with Crippen LogP contribution in [0.1, 0.15) is 37.9 Å². The molecule has 1 aliphatic rings. The number of halogens is 1. The molecule has 1 aliphatic heterocycles. The third-order valence-corrected chi connectivity index (χ3v) is 5.72. The van der Waals surface area contributed by atoms with Gasteiger partial charge in [0, 0.05) is 31.1 Å². The summed E-state index contributed by atoms with van der Waals surface area (Å²) in [6.45, 7) is 0.759. The second-order valence-electron chi connectivity index (χ2n) is 7.80. The molecule has 3 heterocycles.